The van der Waals surface area contributed by atoms with Crippen LogP contribution >= 0.6 is 0 Å². The second-order valence-corrected chi connectivity index (χ2v) is 3.67. The summed E-state index contributed by atoms with van der Waals surface area (Å²) < 4.78 is 5.38. The highest BCUT2D eigenvalue weighted by atomic mass is 16.5. The molecular weight excluding hydrogens is 204 g/mol. The zero-order valence-electron chi connectivity index (χ0n) is 9.82. The lowest BCUT2D eigenvalue weighted by atomic mass is 10.1. The van der Waals surface area contributed by atoms with E-state index in [1.165, 1.54) is 6.92 Å². The molecule has 0 aliphatic carbocycles. The van der Waals surface area contributed by atoms with Gasteiger partial charge in [0.2, 0.25) is 0 Å². The minimum Gasteiger partial charge on any atom is -0.483 e. The van der Waals surface area contributed by atoms with Crippen LogP contribution < -0.4 is 4.74 Å². The number of benzene rings is 1. The van der Waals surface area contributed by atoms with Gasteiger partial charge in [-0.2, -0.15) is 0 Å². The standard InChI is InChI=1S/C13H16O3/c1-4-13(15)11-5-7-12(8-6-11)16-10(3)9(2)14/h5-8,10H,4H2,1-3H3. The minimum absolute atomic E-state index is 0.0197. The van der Waals surface area contributed by atoms with Crippen molar-refractivity contribution in [1.82, 2.24) is 0 Å². The van der Waals surface area contributed by atoms with E-state index in [4.69, 9.17) is 4.74 Å². The first-order valence-corrected chi connectivity index (χ1v) is 5.35. The van der Waals surface area contributed by atoms with Gasteiger partial charge in [0.15, 0.2) is 17.7 Å². The van der Waals surface area contributed by atoms with Gasteiger partial charge in [-0.1, -0.05) is 6.92 Å². The molecule has 0 aliphatic heterocycles. The molecule has 1 unspecified atom stereocenters. The third-order valence-corrected chi connectivity index (χ3v) is 2.38. The quantitative estimate of drug-likeness (QED) is 0.716. The van der Waals surface area contributed by atoms with Gasteiger partial charge in [-0.25, -0.2) is 0 Å². The van der Waals surface area contributed by atoms with Crippen LogP contribution in [0.5, 0.6) is 5.75 Å². The molecule has 16 heavy (non-hydrogen) atoms. The van der Waals surface area contributed by atoms with Gasteiger partial charge in [0.25, 0.3) is 0 Å². The Morgan fingerprint density at radius 3 is 2.25 bits per heavy atom. The average molecular weight is 220 g/mol. The van der Waals surface area contributed by atoms with Crippen molar-refractivity contribution >= 4 is 11.6 Å². The third-order valence-electron chi connectivity index (χ3n) is 2.38. The van der Waals surface area contributed by atoms with Crippen LogP contribution in [0, 0.1) is 0 Å². The summed E-state index contributed by atoms with van der Waals surface area (Å²) in [5.41, 5.74) is 0.672. The van der Waals surface area contributed by atoms with E-state index in [0.717, 1.165) is 0 Å². The highest BCUT2D eigenvalue weighted by molar-refractivity contribution is 5.95. The molecule has 0 N–H and O–H groups in total. The maximum absolute atomic E-state index is 11.4. The van der Waals surface area contributed by atoms with E-state index >= 15 is 0 Å². The summed E-state index contributed by atoms with van der Waals surface area (Å²) in [6.45, 7) is 5.01. The summed E-state index contributed by atoms with van der Waals surface area (Å²) >= 11 is 0. The number of ether oxygens (including phenoxy) is 1. The summed E-state index contributed by atoms with van der Waals surface area (Å²) in [5, 5.41) is 0. The van der Waals surface area contributed by atoms with E-state index in [0.29, 0.717) is 17.7 Å². The molecule has 0 spiro atoms. The lowest BCUT2D eigenvalue weighted by Crippen LogP contribution is -2.20. The zero-order chi connectivity index (χ0) is 12.1. The Morgan fingerprint density at radius 2 is 1.81 bits per heavy atom. The number of hydrogen-bond donors (Lipinski definition) is 0. The highest BCUT2D eigenvalue weighted by Gasteiger charge is 2.09. The number of ketones is 2. The third kappa shape index (κ3) is 3.19. The van der Waals surface area contributed by atoms with Gasteiger partial charge in [0, 0.05) is 12.0 Å². The van der Waals surface area contributed by atoms with Gasteiger partial charge in [-0.15, -0.1) is 0 Å². The molecular formula is C13H16O3. The summed E-state index contributed by atoms with van der Waals surface area (Å²) in [4.78, 5) is 22.4. The van der Waals surface area contributed by atoms with Crippen LogP contribution in [0.2, 0.25) is 0 Å². The van der Waals surface area contributed by atoms with E-state index in [1.807, 2.05) is 6.92 Å². The van der Waals surface area contributed by atoms with Crippen molar-refractivity contribution in [2.45, 2.75) is 33.3 Å². The van der Waals surface area contributed by atoms with Gasteiger partial charge in [0.05, 0.1) is 0 Å². The number of carbonyl (C=O) groups excluding carboxylic acids is 2. The minimum atomic E-state index is -0.451. The van der Waals surface area contributed by atoms with E-state index in [9.17, 15) is 9.59 Å². The van der Waals surface area contributed by atoms with Gasteiger partial charge in [-0.05, 0) is 38.1 Å². The fraction of sp³-hybridized carbons (Fsp3) is 0.385. The number of hydrogen-bond acceptors (Lipinski definition) is 3. The molecule has 1 atom stereocenters. The van der Waals surface area contributed by atoms with Crippen LogP contribution in [-0.2, 0) is 4.79 Å². The second-order valence-electron chi connectivity index (χ2n) is 3.67. The summed E-state index contributed by atoms with van der Waals surface area (Å²) in [7, 11) is 0. The Bertz CT molecular complexity index is 379. The Hall–Kier alpha value is -1.64. The van der Waals surface area contributed by atoms with Gasteiger partial charge in [0.1, 0.15) is 5.75 Å². The van der Waals surface area contributed by atoms with Crippen LogP contribution in [0.15, 0.2) is 24.3 Å². The van der Waals surface area contributed by atoms with Crippen molar-refractivity contribution in [3.8, 4) is 5.75 Å². The van der Waals surface area contributed by atoms with Gasteiger partial charge >= 0.3 is 0 Å². The number of carbonyl (C=O) groups is 2. The normalized spacial score (nSPS) is 11.9. The van der Waals surface area contributed by atoms with Crippen molar-refractivity contribution in [2.75, 3.05) is 0 Å². The molecule has 0 saturated heterocycles. The van der Waals surface area contributed by atoms with Crippen LogP contribution in [0.4, 0.5) is 0 Å². The van der Waals surface area contributed by atoms with Crippen molar-refractivity contribution in [3.63, 3.8) is 0 Å². The largest absolute Gasteiger partial charge is 0.483 e. The van der Waals surface area contributed by atoms with Gasteiger partial charge < -0.3 is 4.74 Å². The summed E-state index contributed by atoms with van der Waals surface area (Å²) in [5.74, 6) is 0.690. The van der Waals surface area contributed by atoms with E-state index < -0.39 is 6.10 Å². The van der Waals surface area contributed by atoms with E-state index in [2.05, 4.69) is 0 Å². The molecule has 3 nitrogen and oxygen atoms in total. The maximum Gasteiger partial charge on any atom is 0.169 e. The predicted octanol–water partition coefficient (Wildman–Crippen LogP) is 2.64. The van der Waals surface area contributed by atoms with Crippen LogP contribution in [0.1, 0.15) is 37.6 Å². The Balaban J connectivity index is 2.72. The topological polar surface area (TPSA) is 43.4 Å². The number of rotatable bonds is 5. The lowest BCUT2D eigenvalue weighted by molar-refractivity contribution is -0.122. The predicted molar refractivity (Wildman–Crippen MR) is 61.8 cm³/mol. The SMILES string of the molecule is CCC(=O)c1ccc(OC(C)C(C)=O)cc1. The highest BCUT2D eigenvalue weighted by Crippen LogP contribution is 2.15. The fourth-order valence-corrected chi connectivity index (χ4v) is 1.21. The van der Waals surface area contributed by atoms with Crippen LogP contribution in [0.25, 0.3) is 0 Å². The monoisotopic (exact) mass is 220 g/mol. The molecule has 0 aromatic heterocycles. The second kappa shape index (κ2) is 5.45. The molecule has 0 saturated carbocycles. The fourth-order valence-electron chi connectivity index (χ4n) is 1.21. The number of Topliss-reactive ketones (excluding diaryl/α,β-unsaturated/α-hetero) is 2. The molecule has 0 bridgehead atoms. The Labute approximate surface area is 95.4 Å². The first kappa shape index (κ1) is 12.4. The van der Waals surface area contributed by atoms with E-state index in [1.54, 1.807) is 31.2 Å². The first-order chi connectivity index (χ1) is 7.54. The summed E-state index contributed by atoms with van der Waals surface area (Å²) in [6.07, 6.45) is 0.0390. The molecule has 0 heterocycles. The Kier molecular flexibility index (Phi) is 4.23. The van der Waals surface area contributed by atoms with Crippen molar-refractivity contribution in [2.24, 2.45) is 0 Å². The molecule has 0 fully saturated rings. The molecule has 3 heteroatoms. The van der Waals surface area contributed by atoms with Crippen molar-refractivity contribution in [1.29, 1.82) is 0 Å². The molecule has 1 rings (SSSR count). The molecule has 0 amide bonds. The zero-order valence-corrected chi connectivity index (χ0v) is 9.82. The first-order valence-electron chi connectivity index (χ1n) is 5.35. The van der Waals surface area contributed by atoms with Crippen molar-refractivity contribution < 1.29 is 14.3 Å². The smallest absolute Gasteiger partial charge is 0.169 e. The van der Waals surface area contributed by atoms with Crippen molar-refractivity contribution in [3.05, 3.63) is 29.8 Å². The van der Waals surface area contributed by atoms with Gasteiger partial charge in [-0.3, -0.25) is 9.59 Å². The average Bonchev–Trinajstić information content (AvgIpc) is 2.28. The van der Waals surface area contributed by atoms with Crippen LogP contribution in [-0.4, -0.2) is 17.7 Å². The summed E-state index contributed by atoms with van der Waals surface area (Å²) in [6, 6.07) is 6.85. The molecule has 0 aliphatic rings. The molecule has 1 aromatic carbocycles. The van der Waals surface area contributed by atoms with Crippen LogP contribution in [0.3, 0.4) is 0 Å². The maximum atomic E-state index is 11.4. The molecule has 0 radical (unpaired) electrons. The molecule has 86 valence electrons. The lowest BCUT2D eigenvalue weighted by Gasteiger charge is -2.11. The Morgan fingerprint density at radius 1 is 1.25 bits per heavy atom. The van der Waals surface area contributed by atoms with E-state index in [-0.39, 0.29) is 11.6 Å². The molecule has 1 aromatic rings.